The van der Waals surface area contributed by atoms with Crippen molar-refractivity contribution >= 4 is 17.3 Å². The lowest BCUT2D eigenvalue weighted by Gasteiger charge is -2.19. The molecule has 0 aliphatic rings. The topological polar surface area (TPSA) is 115 Å². The first-order chi connectivity index (χ1) is 12.4. The predicted octanol–water partition coefficient (Wildman–Crippen LogP) is 4.16. The summed E-state index contributed by atoms with van der Waals surface area (Å²) >= 11 is 0. The monoisotopic (exact) mass is 357 g/mol. The second kappa shape index (κ2) is 8.70. The van der Waals surface area contributed by atoms with Crippen LogP contribution in [0.3, 0.4) is 0 Å². The van der Waals surface area contributed by atoms with E-state index in [9.17, 15) is 25.0 Å². The van der Waals surface area contributed by atoms with Crippen LogP contribution in [0.25, 0.3) is 0 Å². The Morgan fingerprint density at radius 1 is 1.04 bits per heavy atom. The largest absolute Gasteiger partial charge is 0.346 e. The summed E-state index contributed by atoms with van der Waals surface area (Å²) in [4.78, 5) is 32.8. The number of hydrogen-bond acceptors (Lipinski definition) is 5. The van der Waals surface area contributed by atoms with Crippen molar-refractivity contribution in [3.05, 3.63) is 79.9 Å². The summed E-state index contributed by atoms with van der Waals surface area (Å²) in [5, 5.41) is 24.8. The standard InChI is InChI=1S/C18H19N3O5/c1-2-3-9-15(13-7-5-4-6-8-13)19-18(22)14-10-11-16(20(23)24)17(12-14)21(25)26/h4-8,10-12,15H,2-3,9H2,1H3,(H,19,22). The number of hydrogen-bond donors (Lipinski definition) is 1. The van der Waals surface area contributed by atoms with Gasteiger partial charge in [0.15, 0.2) is 0 Å². The molecule has 26 heavy (non-hydrogen) atoms. The Morgan fingerprint density at radius 2 is 1.69 bits per heavy atom. The Bertz CT molecular complexity index is 808. The predicted molar refractivity (Wildman–Crippen MR) is 95.9 cm³/mol. The van der Waals surface area contributed by atoms with Crippen molar-refractivity contribution in [2.45, 2.75) is 32.2 Å². The lowest BCUT2D eigenvalue weighted by Crippen LogP contribution is -2.28. The van der Waals surface area contributed by atoms with Gasteiger partial charge in [0.05, 0.1) is 15.9 Å². The highest BCUT2D eigenvalue weighted by Gasteiger charge is 2.26. The van der Waals surface area contributed by atoms with Crippen molar-refractivity contribution in [1.82, 2.24) is 5.32 Å². The first-order valence-corrected chi connectivity index (χ1v) is 8.22. The molecule has 1 N–H and O–H groups in total. The van der Waals surface area contributed by atoms with E-state index in [0.29, 0.717) is 0 Å². The molecule has 2 aromatic carbocycles. The Balaban J connectivity index is 2.27. The van der Waals surface area contributed by atoms with Crippen LogP contribution in [0.15, 0.2) is 48.5 Å². The Morgan fingerprint density at radius 3 is 2.27 bits per heavy atom. The SMILES string of the molecule is CCCCC(NC(=O)c1ccc([N+](=O)[O-])c([N+](=O)[O-])c1)c1ccccc1. The number of rotatable bonds is 8. The molecular formula is C18H19N3O5. The number of carbonyl (C=O) groups is 1. The minimum absolute atomic E-state index is 0.0136. The second-order valence-corrected chi connectivity index (χ2v) is 5.80. The van der Waals surface area contributed by atoms with Gasteiger partial charge in [-0.3, -0.25) is 25.0 Å². The lowest BCUT2D eigenvalue weighted by molar-refractivity contribution is -0.422. The zero-order valence-corrected chi connectivity index (χ0v) is 14.3. The number of amides is 1. The lowest BCUT2D eigenvalue weighted by atomic mass is 10.0. The molecule has 0 aliphatic heterocycles. The average Bonchev–Trinajstić information content (AvgIpc) is 2.64. The van der Waals surface area contributed by atoms with Crippen molar-refractivity contribution in [1.29, 1.82) is 0 Å². The van der Waals surface area contributed by atoms with Crippen LogP contribution in [0.1, 0.15) is 48.1 Å². The van der Waals surface area contributed by atoms with Crippen LogP contribution in [0.5, 0.6) is 0 Å². The van der Waals surface area contributed by atoms with E-state index in [-0.39, 0.29) is 11.6 Å². The van der Waals surface area contributed by atoms with Crippen LogP contribution in [0, 0.1) is 20.2 Å². The number of benzene rings is 2. The summed E-state index contributed by atoms with van der Waals surface area (Å²) in [6, 6.07) is 12.3. The van der Waals surface area contributed by atoms with Crippen LogP contribution in [0.2, 0.25) is 0 Å². The number of unbranched alkanes of at least 4 members (excludes halogenated alkanes) is 1. The van der Waals surface area contributed by atoms with Gasteiger partial charge < -0.3 is 5.32 Å². The van der Waals surface area contributed by atoms with Gasteiger partial charge in [-0.2, -0.15) is 0 Å². The molecule has 0 bridgehead atoms. The number of nitrogens with zero attached hydrogens (tertiary/aromatic N) is 2. The normalized spacial score (nSPS) is 11.6. The molecule has 136 valence electrons. The summed E-state index contributed by atoms with van der Waals surface area (Å²) in [5.41, 5.74) is -0.393. The number of nitro benzene ring substituents is 2. The zero-order valence-electron chi connectivity index (χ0n) is 14.3. The molecule has 0 saturated carbocycles. The van der Waals surface area contributed by atoms with Gasteiger partial charge in [-0.15, -0.1) is 0 Å². The fourth-order valence-corrected chi connectivity index (χ4v) is 2.62. The molecule has 1 atom stereocenters. The van der Waals surface area contributed by atoms with Gasteiger partial charge in [0.25, 0.3) is 5.91 Å². The molecule has 0 heterocycles. The molecule has 0 saturated heterocycles. The molecular weight excluding hydrogens is 338 g/mol. The van der Waals surface area contributed by atoms with Crippen LogP contribution in [0.4, 0.5) is 11.4 Å². The Labute approximate surface area is 150 Å². The Kier molecular flexibility index (Phi) is 6.37. The van der Waals surface area contributed by atoms with Crippen LogP contribution in [-0.4, -0.2) is 15.8 Å². The fraction of sp³-hybridized carbons (Fsp3) is 0.278. The van der Waals surface area contributed by atoms with E-state index in [1.54, 1.807) is 0 Å². The summed E-state index contributed by atoms with van der Waals surface area (Å²) in [7, 11) is 0. The molecule has 0 aliphatic carbocycles. The highest BCUT2D eigenvalue weighted by atomic mass is 16.6. The molecule has 8 heteroatoms. The molecule has 2 aromatic rings. The van der Waals surface area contributed by atoms with Crippen LogP contribution >= 0.6 is 0 Å². The smallest absolute Gasteiger partial charge is 0.345 e. The maximum absolute atomic E-state index is 12.5. The molecule has 0 spiro atoms. The van der Waals surface area contributed by atoms with Gasteiger partial charge in [0.2, 0.25) is 0 Å². The average molecular weight is 357 g/mol. The number of carbonyl (C=O) groups excluding carboxylic acids is 1. The third-order valence-electron chi connectivity index (χ3n) is 3.98. The molecule has 0 fully saturated rings. The summed E-state index contributed by atoms with van der Waals surface area (Å²) in [6.45, 7) is 2.05. The van der Waals surface area contributed by atoms with Crippen molar-refractivity contribution in [2.75, 3.05) is 0 Å². The minimum atomic E-state index is -0.860. The molecule has 1 amide bonds. The van der Waals surface area contributed by atoms with Crippen molar-refractivity contribution in [3.8, 4) is 0 Å². The first-order valence-electron chi connectivity index (χ1n) is 8.22. The van der Waals surface area contributed by atoms with Gasteiger partial charge in [0.1, 0.15) is 0 Å². The van der Waals surface area contributed by atoms with Crippen molar-refractivity contribution in [2.24, 2.45) is 0 Å². The van der Waals surface area contributed by atoms with E-state index in [0.717, 1.165) is 37.0 Å². The highest BCUT2D eigenvalue weighted by molar-refractivity contribution is 5.95. The van der Waals surface area contributed by atoms with Gasteiger partial charge in [-0.1, -0.05) is 50.1 Å². The van der Waals surface area contributed by atoms with E-state index in [1.807, 2.05) is 37.3 Å². The van der Waals surface area contributed by atoms with Crippen molar-refractivity contribution < 1.29 is 14.6 Å². The molecule has 8 nitrogen and oxygen atoms in total. The van der Waals surface area contributed by atoms with E-state index in [1.165, 1.54) is 6.07 Å². The van der Waals surface area contributed by atoms with Crippen molar-refractivity contribution in [3.63, 3.8) is 0 Å². The van der Waals surface area contributed by atoms with Gasteiger partial charge in [-0.25, -0.2) is 0 Å². The summed E-state index contributed by atoms with van der Waals surface area (Å²) in [6.07, 6.45) is 2.59. The number of nitrogens with one attached hydrogen (secondary N) is 1. The van der Waals surface area contributed by atoms with Gasteiger partial charge in [0, 0.05) is 17.7 Å². The van der Waals surface area contributed by atoms with E-state index in [4.69, 9.17) is 0 Å². The Hall–Kier alpha value is -3.29. The third-order valence-corrected chi connectivity index (χ3v) is 3.98. The number of nitro groups is 2. The van der Waals surface area contributed by atoms with E-state index >= 15 is 0 Å². The summed E-state index contributed by atoms with van der Waals surface area (Å²) in [5.74, 6) is -0.507. The molecule has 1 unspecified atom stereocenters. The maximum Gasteiger partial charge on any atom is 0.346 e. The first kappa shape index (κ1) is 19.0. The quantitative estimate of drug-likeness (QED) is 0.562. The zero-order chi connectivity index (χ0) is 19.1. The van der Waals surface area contributed by atoms with E-state index in [2.05, 4.69) is 5.32 Å². The maximum atomic E-state index is 12.5. The highest BCUT2D eigenvalue weighted by Crippen LogP contribution is 2.28. The molecule has 0 aromatic heterocycles. The molecule has 0 radical (unpaired) electrons. The van der Waals surface area contributed by atoms with Gasteiger partial charge >= 0.3 is 11.4 Å². The van der Waals surface area contributed by atoms with E-state index < -0.39 is 27.1 Å². The fourth-order valence-electron chi connectivity index (χ4n) is 2.62. The molecule has 2 rings (SSSR count). The van der Waals surface area contributed by atoms with Gasteiger partial charge in [-0.05, 0) is 18.1 Å². The minimum Gasteiger partial charge on any atom is -0.345 e. The third kappa shape index (κ3) is 4.62. The van der Waals surface area contributed by atoms with Crippen LogP contribution < -0.4 is 5.32 Å². The van der Waals surface area contributed by atoms with Crippen LogP contribution in [-0.2, 0) is 0 Å². The summed E-state index contributed by atoms with van der Waals surface area (Å²) < 4.78 is 0. The second-order valence-electron chi connectivity index (χ2n) is 5.80.